The van der Waals surface area contributed by atoms with Crippen molar-refractivity contribution in [1.82, 2.24) is 0 Å². The smallest absolute Gasteiger partial charge is 0.336 e. The van der Waals surface area contributed by atoms with Gasteiger partial charge in [-0.1, -0.05) is 6.07 Å². The quantitative estimate of drug-likeness (QED) is 0.393. The topological polar surface area (TPSA) is 74.6 Å². The number of hydrogen-bond acceptors (Lipinski definition) is 6. The van der Waals surface area contributed by atoms with Crippen molar-refractivity contribution in [1.29, 1.82) is 0 Å². The maximum absolute atomic E-state index is 11.6. The van der Waals surface area contributed by atoms with Crippen LogP contribution < -0.4 is 0 Å². The van der Waals surface area contributed by atoms with Gasteiger partial charge in [-0.15, -0.1) is 0 Å². The van der Waals surface area contributed by atoms with E-state index in [1.165, 1.54) is 6.07 Å². The van der Waals surface area contributed by atoms with Crippen LogP contribution in [0, 0.1) is 0 Å². The molecular formula is C14H18O4S4. The van der Waals surface area contributed by atoms with Gasteiger partial charge in [0.05, 0.1) is 11.1 Å². The molecule has 0 saturated heterocycles. The Morgan fingerprint density at radius 2 is 1.50 bits per heavy atom. The van der Waals surface area contributed by atoms with E-state index in [4.69, 9.17) is 0 Å². The highest BCUT2D eigenvalue weighted by atomic mass is 32.1. The molecule has 0 heterocycles. The van der Waals surface area contributed by atoms with Crippen molar-refractivity contribution in [3.05, 3.63) is 34.4 Å². The molecule has 1 aromatic carbocycles. The standard InChI is InChI=1S/C14H18O4S4/c15-13(16)10-2-1-7(3-8(21)5-19)11(4-9(22)6-20)12(10)14(17)18/h1-2,8-9,19-22H,3-6H2,(H,15,16)(H,17,18). The van der Waals surface area contributed by atoms with Crippen LogP contribution in [0.1, 0.15) is 31.8 Å². The van der Waals surface area contributed by atoms with Crippen molar-refractivity contribution in [2.24, 2.45) is 0 Å². The minimum Gasteiger partial charge on any atom is -0.478 e. The lowest BCUT2D eigenvalue weighted by atomic mass is 9.90. The second-order valence-corrected chi connectivity index (χ2v) is 7.01. The molecule has 4 nitrogen and oxygen atoms in total. The van der Waals surface area contributed by atoms with Crippen LogP contribution in [0.2, 0.25) is 0 Å². The Morgan fingerprint density at radius 3 is 1.95 bits per heavy atom. The van der Waals surface area contributed by atoms with Gasteiger partial charge in [-0.05, 0) is 30.0 Å². The Balaban J connectivity index is 3.47. The van der Waals surface area contributed by atoms with Gasteiger partial charge in [0.25, 0.3) is 0 Å². The molecule has 0 amide bonds. The van der Waals surface area contributed by atoms with Crippen molar-refractivity contribution in [3.8, 4) is 0 Å². The number of carboxylic acid groups (broad SMARTS) is 2. The number of thiol groups is 4. The van der Waals surface area contributed by atoms with Crippen molar-refractivity contribution in [2.75, 3.05) is 11.5 Å². The first-order valence-electron chi connectivity index (χ1n) is 6.51. The number of rotatable bonds is 8. The predicted molar refractivity (Wildman–Crippen MR) is 101 cm³/mol. The third kappa shape index (κ3) is 5.04. The average Bonchev–Trinajstić information content (AvgIpc) is 2.47. The van der Waals surface area contributed by atoms with E-state index in [2.05, 4.69) is 50.5 Å². The van der Waals surface area contributed by atoms with Gasteiger partial charge in [0, 0.05) is 22.0 Å². The van der Waals surface area contributed by atoms with Crippen molar-refractivity contribution in [3.63, 3.8) is 0 Å². The summed E-state index contributed by atoms with van der Waals surface area (Å²) in [5.41, 5.74) is 0.859. The van der Waals surface area contributed by atoms with E-state index in [0.717, 1.165) is 5.56 Å². The zero-order valence-corrected chi connectivity index (χ0v) is 15.2. The van der Waals surface area contributed by atoms with Crippen LogP contribution in [0.25, 0.3) is 0 Å². The molecular weight excluding hydrogens is 360 g/mol. The maximum atomic E-state index is 11.6. The van der Waals surface area contributed by atoms with E-state index in [1.807, 2.05) is 0 Å². The highest BCUT2D eigenvalue weighted by Crippen LogP contribution is 2.25. The van der Waals surface area contributed by atoms with Crippen LogP contribution in [0.15, 0.2) is 12.1 Å². The first-order valence-corrected chi connectivity index (χ1v) is 8.80. The number of carbonyl (C=O) groups is 2. The summed E-state index contributed by atoms with van der Waals surface area (Å²) >= 11 is 17.1. The Bertz CT molecular complexity index is 562. The van der Waals surface area contributed by atoms with Gasteiger partial charge in [0.2, 0.25) is 0 Å². The average molecular weight is 379 g/mol. The zero-order chi connectivity index (χ0) is 16.9. The van der Waals surface area contributed by atoms with E-state index in [-0.39, 0.29) is 21.6 Å². The fraction of sp³-hybridized carbons (Fsp3) is 0.429. The van der Waals surface area contributed by atoms with Crippen LogP contribution in [0.3, 0.4) is 0 Å². The fourth-order valence-corrected chi connectivity index (χ4v) is 2.79. The maximum Gasteiger partial charge on any atom is 0.336 e. The normalized spacial score (nSPS) is 13.6. The number of aromatic carboxylic acids is 2. The summed E-state index contributed by atoms with van der Waals surface area (Å²) in [6, 6.07) is 2.98. The lowest BCUT2D eigenvalue weighted by molar-refractivity contribution is 0.0650. The minimum atomic E-state index is -1.26. The highest BCUT2D eigenvalue weighted by molar-refractivity contribution is 7.85. The predicted octanol–water partition coefficient (Wildman–Crippen LogP) is 2.62. The Kier molecular flexibility index (Phi) is 8.02. The van der Waals surface area contributed by atoms with Crippen molar-refractivity contribution >= 4 is 62.5 Å². The first kappa shape index (κ1) is 19.6. The molecule has 2 N–H and O–H groups in total. The molecule has 0 aliphatic rings. The summed E-state index contributed by atoms with van der Waals surface area (Å²) in [5.74, 6) is -1.53. The first-order chi connectivity index (χ1) is 10.3. The van der Waals surface area contributed by atoms with E-state index in [0.29, 0.717) is 29.9 Å². The molecule has 0 aliphatic heterocycles. The fourth-order valence-electron chi connectivity index (χ4n) is 2.16. The largest absolute Gasteiger partial charge is 0.478 e. The van der Waals surface area contributed by atoms with Crippen molar-refractivity contribution < 1.29 is 19.8 Å². The summed E-state index contributed by atoms with van der Waals surface area (Å²) in [6.07, 6.45) is 0.840. The second-order valence-electron chi connectivity index (χ2n) is 4.82. The van der Waals surface area contributed by atoms with Crippen LogP contribution in [0.4, 0.5) is 0 Å². The number of hydrogen-bond donors (Lipinski definition) is 6. The molecule has 122 valence electrons. The lowest BCUT2D eigenvalue weighted by Gasteiger charge is -2.19. The zero-order valence-electron chi connectivity index (χ0n) is 11.6. The molecule has 1 rings (SSSR count). The third-order valence-electron chi connectivity index (χ3n) is 3.17. The Hall–Kier alpha value is -0.440. The van der Waals surface area contributed by atoms with Crippen molar-refractivity contribution in [2.45, 2.75) is 23.3 Å². The molecule has 0 radical (unpaired) electrons. The lowest BCUT2D eigenvalue weighted by Crippen LogP contribution is -2.19. The van der Waals surface area contributed by atoms with Gasteiger partial charge >= 0.3 is 11.9 Å². The third-order valence-corrected chi connectivity index (χ3v) is 5.36. The summed E-state index contributed by atoms with van der Waals surface area (Å²) in [6.45, 7) is 0. The van der Waals surface area contributed by atoms with Crippen LogP contribution in [-0.2, 0) is 12.8 Å². The SMILES string of the molecule is O=C(O)c1ccc(CC(S)CS)c(CC(S)CS)c1C(=O)O. The summed E-state index contributed by atoms with van der Waals surface area (Å²) in [7, 11) is 0. The van der Waals surface area contributed by atoms with E-state index >= 15 is 0 Å². The van der Waals surface area contributed by atoms with Gasteiger partial charge in [0.15, 0.2) is 0 Å². The molecule has 0 fully saturated rings. The Morgan fingerprint density at radius 1 is 0.955 bits per heavy atom. The molecule has 0 aliphatic carbocycles. The molecule has 0 spiro atoms. The van der Waals surface area contributed by atoms with E-state index in [9.17, 15) is 19.8 Å². The van der Waals surface area contributed by atoms with Crippen LogP contribution in [0.5, 0.6) is 0 Å². The highest BCUT2D eigenvalue weighted by Gasteiger charge is 2.24. The summed E-state index contributed by atoms with van der Waals surface area (Å²) in [4.78, 5) is 22.9. The molecule has 0 saturated carbocycles. The van der Waals surface area contributed by atoms with Gasteiger partial charge in [-0.25, -0.2) is 9.59 Å². The van der Waals surface area contributed by atoms with Gasteiger partial charge in [-0.3, -0.25) is 0 Å². The molecule has 0 aromatic heterocycles. The summed E-state index contributed by atoms with van der Waals surface area (Å²) < 4.78 is 0. The molecule has 1 aromatic rings. The number of carboxylic acids is 2. The van der Waals surface area contributed by atoms with Gasteiger partial charge in [-0.2, -0.15) is 50.5 Å². The van der Waals surface area contributed by atoms with E-state index < -0.39 is 11.9 Å². The number of benzene rings is 1. The molecule has 22 heavy (non-hydrogen) atoms. The minimum absolute atomic E-state index is 0.0474. The second kappa shape index (κ2) is 9.00. The monoisotopic (exact) mass is 378 g/mol. The molecule has 2 atom stereocenters. The summed E-state index contributed by atoms with van der Waals surface area (Å²) in [5, 5.41) is 18.5. The van der Waals surface area contributed by atoms with Crippen LogP contribution >= 0.6 is 50.5 Å². The van der Waals surface area contributed by atoms with Gasteiger partial charge < -0.3 is 10.2 Å². The molecule has 2 unspecified atom stereocenters. The molecule has 8 heteroatoms. The Labute approximate surface area is 151 Å². The van der Waals surface area contributed by atoms with Crippen LogP contribution in [-0.4, -0.2) is 44.2 Å². The van der Waals surface area contributed by atoms with Gasteiger partial charge in [0.1, 0.15) is 0 Å². The molecule has 0 bridgehead atoms. The van der Waals surface area contributed by atoms with E-state index in [1.54, 1.807) is 6.07 Å².